The molecule has 1 aromatic rings. The molecule has 1 unspecified atom stereocenters. The third kappa shape index (κ3) is 2.62. The van der Waals surface area contributed by atoms with Crippen LogP contribution >= 0.6 is 11.8 Å². The predicted octanol–water partition coefficient (Wildman–Crippen LogP) is 0.540. The van der Waals surface area contributed by atoms with Crippen LogP contribution < -0.4 is 11.0 Å². The van der Waals surface area contributed by atoms with Gasteiger partial charge >= 0.3 is 11.7 Å². The number of thioether (sulfide) groups is 1. The molecule has 1 heterocycles. The molecule has 2 N–H and O–H groups in total. The lowest BCUT2D eigenvalue weighted by Crippen LogP contribution is -2.55. The molecular weight excluding hydrogens is 292 g/mol. The number of hydrogen-bond acceptors (Lipinski definition) is 6. The largest absolute Gasteiger partial charge is 0.468 e. The van der Waals surface area contributed by atoms with Crippen LogP contribution in [0.4, 0.5) is 0 Å². The Kier molecular flexibility index (Phi) is 3.83. The van der Waals surface area contributed by atoms with Gasteiger partial charge in [-0.2, -0.15) is 0 Å². The van der Waals surface area contributed by atoms with Crippen LogP contribution in [0.25, 0.3) is 0 Å². The fourth-order valence-electron chi connectivity index (χ4n) is 2.71. The smallest absolute Gasteiger partial charge is 0.344 e. The number of likely N-dealkylation sites (N-methyl/N-ethyl adjacent to an activating group) is 1. The molecule has 7 nitrogen and oxygen atoms in total. The number of carbonyl (C=O) groups excluding carboxylic acids is 1. The highest BCUT2D eigenvalue weighted by Gasteiger charge is 2.51. The molecule has 3 rings (SSSR count). The Morgan fingerprint density at radius 3 is 2.76 bits per heavy atom. The first-order chi connectivity index (χ1) is 10.1. The Morgan fingerprint density at radius 2 is 2.24 bits per heavy atom. The van der Waals surface area contributed by atoms with Gasteiger partial charge in [-0.25, -0.2) is 9.89 Å². The van der Waals surface area contributed by atoms with Crippen LogP contribution in [0.1, 0.15) is 31.7 Å². The van der Waals surface area contributed by atoms with Crippen molar-refractivity contribution < 1.29 is 9.53 Å². The highest BCUT2D eigenvalue weighted by molar-refractivity contribution is 7.99. The summed E-state index contributed by atoms with van der Waals surface area (Å²) in [7, 11) is 3.20. The lowest BCUT2D eigenvalue weighted by Gasteiger charge is -2.30. The van der Waals surface area contributed by atoms with E-state index in [4.69, 9.17) is 4.74 Å². The van der Waals surface area contributed by atoms with Crippen molar-refractivity contribution in [3.05, 3.63) is 10.5 Å². The average molecular weight is 312 g/mol. The summed E-state index contributed by atoms with van der Waals surface area (Å²) < 4.78 is 6.68. The first kappa shape index (κ1) is 14.6. The summed E-state index contributed by atoms with van der Waals surface area (Å²) >= 11 is 1.44. The molecule has 116 valence electrons. The third-order valence-corrected chi connectivity index (χ3v) is 5.43. The number of ether oxygens (including phenoxy) is 1. The quantitative estimate of drug-likeness (QED) is 0.564. The molecule has 1 aromatic heterocycles. The van der Waals surface area contributed by atoms with Crippen molar-refractivity contribution in [3.63, 3.8) is 0 Å². The number of aromatic nitrogens is 3. The van der Waals surface area contributed by atoms with Gasteiger partial charge in [0.25, 0.3) is 0 Å². The fraction of sp³-hybridized carbons (Fsp3) is 0.769. The van der Waals surface area contributed by atoms with E-state index in [1.807, 2.05) is 0 Å². The normalized spacial score (nSPS) is 21.0. The molecule has 0 bridgehead atoms. The zero-order valence-corrected chi connectivity index (χ0v) is 13.0. The zero-order valence-electron chi connectivity index (χ0n) is 12.2. The van der Waals surface area contributed by atoms with Gasteiger partial charge in [-0.15, -0.1) is 5.10 Å². The van der Waals surface area contributed by atoms with E-state index in [-0.39, 0.29) is 17.7 Å². The predicted molar refractivity (Wildman–Crippen MR) is 78.4 cm³/mol. The van der Waals surface area contributed by atoms with E-state index >= 15 is 0 Å². The highest BCUT2D eigenvalue weighted by atomic mass is 32.2. The monoisotopic (exact) mass is 312 g/mol. The molecule has 0 aliphatic heterocycles. The second-order valence-electron chi connectivity index (χ2n) is 5.69. The molecule has 2 fully saturated rings. The van der Waals surface area contributed by atoms with Gasteiger partial charge in [-0.05, 0) is 38.6 Å². The van der Waals surface area contributed by atoms with Crippen molar-refractivity contribution in [1.82, 2.24) is 20.1 Å². The van der Waals surface area contributed by atoms with Crippen molar-refractivity contribution >= 4 is 17.7 Å². The van der Waals surface area contributed by atoms with Gasteiger partial charge < -0.3 is 10.1 Å². The van der Waals surface area contributed by atoms with Crippen LogP contribution in [0.3, 0.4) is 0 Å². The summed E-state index contributed by atoms with van der Waals surface area (Å²) in [5.41, 5.74) is -0.859. The maximum absolute atomic E-state index is 12.2. The lowest BCUT2D eigenvalue weighted by atomic mass is 9.96. The van der Waals surface area contributed by atoms with Gasteiger partial charge in [0.05, 0.1) is 7.11 Å². The molecule has 2 aliphatic rings. The van der Waals surface area contributed by atoms with Crippen molar-refractivity contribution in [2.24, 2.45) is 5.92 Å². The number of nitrogens with one attached hydrogen (secondary N) is 2. The van der Waals surface area contributed by atoms with Gasteiger partial charge in [-0.1, -0.05) is 11.8 Å². The van der Waals surface area contributed by atoms with Crippen LogP contribution in [0.2, 0.25) is 0 Å². The first-order valence-corrected chi connectivity index (χ1v) is 8.18. The Labute approximate surface area is 126 Å². The average Bonchev–Trinajstić information content (AvgIpc) is 3.39. The van der Waals surface area contributed by atoms with Gasteiger partial charge in [0.2, 0.25) is 0 Å². The van der Waals surface area contributed by atoms with Crippen molar-refractivity contribution in [3.8, 4) is 0 Å². The number of methoxy groups -OCH3 is 1. The minimum Gasteiger partial charge on any atom is -0.468 e. The number of hydrogen-bond donors (Lipinski definition) is 2. The molecule has 21 heavy (non-hydrogen) atoms. The molecule has 0 radical (unpaired) electrons. The summed E-state index contributed by atoms with van der Waals surface area (Å²) in [4.78, 5) is 24.0. The van der Waals surface area contributed by atoms with E-state index in [9.17, 15) is 9.59 Å². The summed E-state index contributed by atoms with van der Waals surface area (Å²) in [6.45, 7) is 0. The second-order valence-corrected chi connectivity index (χ2v) is 6.63. The summed E-state index contributed by atoms with van der Waals surface area (Å²) in [5.74, 6) is 0.566. The highest BCUT2D eigenvalue weighted by Crippen LogP contribution is 2.43. The molecule has 0 aromatic carbocycles. The zero-order chi connectivity index (χ0) is 15.0. The Bertz CT molecular complexity index is 590. The second kappa shape index (κ2) is 5.49. The van der Waals surface area contributed by atoms with E-state index in [0.717, 1.165) is 25.7 Å². The molecule has 2 saturated carbocycles. The summed E-state index contributed by atoms with van der Waals surface area (Å²) in [6.07, 6.45) is 4.08. The topological polar surface area (TPSA) is 89.0 Å². The number of aromatic amines is 1. The van der Waals surface area contributed by atoms with Crippen LogP contribution in [0.15, 0.2) is 9.95 Å². The number of carbonyl (C=O) groups is 1. The van der Waals surface area contributed by atoms with E-state index in [1.165, 1.54) is 18.9 Å². The van der Waals surface area contributed by atoms with E-state index in [0.29, 0.717) is 16.8 Å². The van der Waals surface area contributed by atoms with Crippen molar-refractivity contribution in [2.45, 2.75) is 42.4 Å². The van der Waals surface area contributed by atoms with Crippen molar-refractivity contribution in [2.75, 3.05) is 19.9 Å². The van der Waals surface area contributed by atoms with Gasteiger partial charge in [0.15, 0.2) is 5.16 Å². The molecule has 8 heteroatoms. The molecule has 0 amide bonds. The van der Waals surface area contributed by atoms with Crippen LogP contribution in [-0.2, 0) is 9.53 Å². The van der Waals surface area contributed by atoms with E-state index in [1.54, 1.807) is 11.6 Å². The molecule has 0 saturated heterocycles. The summed E-state index contributed by atoms with van der Waals surface area (Å²) in [6, 6.07) is 0.266. The molecular formula is C13H20N4O3S. The Morgan fingerprint density at radius 1 is 1.52 bits per heavy atom. The van der Waals surface area contributed by atoms with Crippen molar-refractivity contribution in [1.29, 1.82) is 0 Å². The van der Waals surface area contributed by atoms with Crippen LogP contribution in [0.5, 0.6) is 0 Å². The molecule has 2 aliphatic carbocycles. The van der Waals surface area contributed by atoms with E-state index < -0.39 is 5.54 Å². The minimum atomic E-state index is -0.692. The number of nitrogens with zero attached hydrogens (tertiary/aromatic N) is 2. The van der Waals surface area contributed by atoms with Gasteiger partial charge in [-0.3, -0.25) is 9.36 Å². The Hall–Kier alpha value is -1.28. The SMILES string of the molecule is CNC(CSc1n[nH]c(=O)n1C1CC1)(C(=O)OC)C1CC1. The van der Waals surface area contributed by atoms with Crippen LogP contribution in [-0.4, -0.2) is 46.2 Å². The first-order valence-electron chi connectivity index (χ1n) is 7.19. The molecule has 0 spiro atoms. The number of rotatable bonds is 7. The number of esters is 1. The van der Waals surface area contributed by atoms with Gasteiger partial charge in [0, 0.05) is 11.8 Å². The maximum Gasteiger partial charge on any atom is 0.344 e. The number of H-pyrrole nitrogens is 1. The minimum absolute atomic E-state index is 0.167. The summed E-state index contributed by atoms with van der Waals surface area (Å²) in [5, 5.41) is 10.4. The third-order valence-electron chi connectivity index (χ3n) is 4.28. The maximum atomic E-state index is 12.2. The standard InChI is InChI=1S/C13H20N4O3S/c1-14-13(8-3-4-8,10(18)20-2)7-21-12-16-15-11(19)17(12)9-5-6-9/h8-9,14H,3-7H2,1-2H3,(H,15,19). The van der Waals surface area contributed by atoms with E-state index in [2.05, 4.69) is 15.5 Å². The molecule has 1 atom stereocenters. The lowest BCUT2D eigenvalue weighted by molar-refractivity contribution is -0.148. The van der Waals surface area contributed by atoms with Gasteiger partial charge in [0.1, 0.15) is 5.54 Å². The van der Waals surface area contributed by atoms with Crippen LogP contribution in [0, 0.1) is 5.92 Å². The Balaban J connectivity index is 1.78. The fourth-order valence-corrected chi connectivity index (χ4v) is 4.04.